The van der Waals surface area contributed by atoms with E-state index in [9.17, 15) is 14.7 Å². The number of carbonyl (C=O) groups is 2. The molecule has 6 nitrogen and oxygen atoms in total. The maximum absolute atomic E-state index is 12.7. The molecule has 3 fully saturated rings. The van der Waals surface area contributed by atoms with E-state index in [1.807, 2.05) is 11.0 Å². The molecule has 2 aromatic rings. The summed E-state index contributed by atoms with van der Waals surface area (Å²) in [6.07, 6.45) is 5.79. The normalized spacial score (nSPS) is 27.2. The Labute approximate surface area is 200 Å². The van der Waals surface area contributed by atoms with Crippen LogP contribution < -0.4 is 5.32 Å². The van der Waals surface area contributed by atoms with Crippen LogP contribution in [0.5, 0.6) is 0 Å². The second kappa shape index (κ2) is 8.42. The van der Waals surface area contributed by atoms with Gasteiger partial charge in [-0.2, -0.15) is 0 Å². The van der Waals surface area contributed by atoms with Gasteiger partial charge in [-0.1, -0.05) is 30.3 Å². The van der Waals surface area contributed by atoms with Crippen LogP contribution in [-0.2, 0) is 16.0 Å². The fourth-order valence-corrected chi connectivity index (χ4v) is 6.48. The number of fused-ring (bicyclic) bond motifs is 1. The summed E-state index contributed by atoms with van der Waals surface area (Å²) in [7, 11) is 0. The van der Waals surface area contributed by atoms with Gasteiger partial charge in [-0.25, -0.2) is 4.79 Å². The van der Waals surface area contributed by atoms with Crippen molar-refractivity contribution in [3.8, 4) is 0 Å². The van der Waals surface area contributed by atoms with Gasteiger partial charge in [0.15, 0.2) is 0 Å². The molecular formula is C28H32N2O4. The molecule has 1 spiro atoms. The van der Waals surface area contributed by atoms with Crippen LogP contribution in [0, 0.1) is 5.41 Å². The van der Waals surface area contributed by atoms with Gasteiger partial charge in [-0.15, -0.1) is 0 Å². The lowest BCUT2D eigenvalue weighted by Crippen LogP contribution is -2.44. The number of likely N-dealkylation sites (tertiary alicyclic amines) is 1. The molecule has 4 aliphatic rings. The average Bonchev–Trinajstić information content (AvgIpc) is 3.28. The number of benzene rings is 2. The van der Waals surface area contributed by atoms with Crippen molar-refractivity contribution in [1.29, 1.82) is 0 Å². The van der Waals surface area contributed by atoms with E-state index in [4.69, 9.17) is 4.74 Å². The summed E-state index contributed by atoms with van der Waals surface area (Å²) in [6.45, 7) is 3.24. The molecule has 3 atom stereocenters. The van der Waals surface area contributed by atoms with Crippen molar-refractivity contribution >= 4 is 17.6 Å². The predicted molar refractivity (Wildman–Crippen MR) is 129 cm³/mol. The maximum atomic E-state index is 12.7. The second-order valence-corrected chi connectivity index (χ2v) is 10.5. The third-order valence-electron chi connectivity index (χ3n) is 8.67. The molecule has 0 bridgehead atoms. The van der Waals surface area contributed by atoms with Gasteiger partial charge in [0.05, 0.1) is 5.56 Å². The van der Waals surface area contributed by atoms with E-state index in [0.29, 0.717) is 16.9 Å². The Morgan fingerprint density at radius 3 is 2.53 bits per heavy atom. The Bertz CT molecular complexity index is 1100. The summed E-state index contributed by atoms with van der Waals surface area (Å²) in [4.78, 5) is 26.4. The minimum absolute atomic E-state index is 0.197. The van der Waals surface area contributed by atoms with Crippen molar-refractivity contribution in [1.82, 2.24) is 4.90 Å². The molecule has 34 heavy (non-hydrogen) atoms. The number of nitrogens with zero attached hydrogens (tertiary/aromatic N) is 1. The van der Waals surface area contributed by atoms with Gasteiger partial charge in [0.25, 0.3) is 5.91 Å². The molecule has 2 N–H and O–H groups in total. The first kappa shape index (κ1) is 21.7. The first-order valence-electron chi connectivity index (χ1n) is 12.6. The van der Waals surface area contributed by atoms with E-state index in [0.717, 1.165) is 69.6 Å². The molecule has 1 amide bonds. The number of piperidine rings is 1. The first-order valence-corrected chi connectivity index (χ1v) is 12.6. The van der Waals surface area contributed by atoms with Gasteiger partial charge in [0, 0.05) is 37.8 Å². The summed E-state index contributed by atoms with van der Waals surface area (Å²) >= 11 is 0. The lowest BCUT2D eigenvalue weighted by molar-refractivity contribution is -0.142. The quantitative estimate of drug-likeness (QED) is 0.707. The van der Waals surface area contributed by atoms with E-state index in [1.165, 1.54) is 17.5 Å². The van der Waals surface area contributed by atoms with Crippen molar-refractivity contribution in [3.63, 3.8) is 0 Å². The Balaban J connectivity index is 1.09. The molecule has 0 radical (unpaired) electrons. The summed E-state index contributed by atoms with van der Waals surface area (Å²) in [5.41, 5.74) is 5.26. The third-order valence-corrected chi connectivity index (χ3v) is 8.67. The molecule has 6 rings (SSSR count). The minimum Gasteiger partial charge on any atom is -0.478 e. The van der Waals surface area contributed by atoms with Crippen molar-refractivity contribution < 1.29 is 19.4 Å². The van der Waals surface area contributed by atoms with E-state index in [2.05, 4.69) is 29.6 Å². The highest BCUT2D eigenvalue weighted by molar-refractivity contribution is 5.91. The standard InChI is InChI=1S/C28H32N2O4/c31-26(25-5-2-14-34-25)30-12-10-28(11-13-30)16-23(28)19-8-6-18(7-9-19)20-15-22-21(27(32)33)3-1-4-24(22)29-17-20/h1,3-4,6-9,20,23,25,29H,2,5,10-17H2,(H,32,33)/t20?,23-,25-/m1/s1. The predicted octanol–water partition coefficient (Wildman–Crippen LogP) is 4.41. The van der Waals surface area contributed by atoms with Gasteiger partial charge in [0.2, 0.25) is 0 Å². The summed E-state index contributed by atoms with van der Waals surface area (Å²) in [5.74, 6) is 0.187. The molecule has 3 heterocycles. The molecule has 6 heteroatoms. The lowest BCUT2D eigenvalue weighted by atomic mass is 9.84. The Morgan fingerprint density at radius 1 is 1.06 bits per heavy atom. The highest BCUT2D eigenvalue weighted by Crippen LogP contribution is 2.65. The van der Waals surface area contributed by atoms with Crippen LogP contribution in [0.15, 0.2) is 42.5 Å². The number of anilines is 1. The van der Waals surface area contributed by atoms with Crippen LogP contribution in [0.4, 0.5) is 5.69 Å². The highest BCUT2D eigenvalue weighted by Gasteiger charge is 2.55. The average molecular weight is 461 g/mol. The van der Waals surface area contributed by atoms with Crippen molar-refractivity contribution in [2.45, 2.75) is 56.5 Å². The highest BCUT2D eigenvalue weighted by atomic mass is 16.5. The molecular weight excluding hydrogens is 428 g/mol. The fourth-order valence-electron chi connectivity index (χ4n) is 6.48. The van der Waals surface area contributed by atoms with Gasteiger partial charge < -0.3 is 20.1 Å². The van der Waals surface area contributed by atoms with E-state index < -0.39 is 5.97 Å². The minimum atomic E-state index is -0.864. The number of nitrogens with one attached hydrogen (secondary N) is 1. The monoisotopic (exact) mass is 460 g/mol. The van der Waals surface area contributed by atoms with Crippen molar-refractivity contribution in [2.24, 2.45) is 5.41 Å². The number of hydrogen-bond acceptors (Lipinski definition) is 4. The number of carboxylic acid groups (broad SMARTS) is 1. The fraction of sp³-hybridized carbons (Fsp3) is 0.500. The Hall–Kier alpha value is -2.86. The number of rotatable bonds is 4. The van der Waals surface area contributed by atoms with Crippen molar-refractivity contribution in [2.75, 3.05) is 31.6 Å². The SMILES string of the molecule is O=C(O)c1cccc2c1CC(c1ccc([C@H]3CC34CCN(C(=O)[C@H]3CCCO3)CC4)cc1)CN2. The van der Waals surface area contributed by atoms with Crippen LogP contribution in [0.25, 0.3) is 0 Å². The number of ether oxygens (including phenoxy) is 1. The van der Waals surface area contributed by atoms with E-state index in [1.54, 1.807) is 12.1 Å². The topological polar surface area (TPSA) is 78.9 Å². The van der Waals surface area contributed by atoms with Crippen LogP contribution >= 0.6 is 0 Å². The van der Waals surface area contributed by atoms with Gasteiger partial charge in [-0.05, 0) is 78.7 Å². The smallest absolute Gasteiger partial charge is 0.336 e. The number of aromatic carboxylic acids is 1. The Kier molecular flexibility index (Phi) is 5.36. The molecule has 0 aromatic heterocycles. The molecule has 1 aliphatic carbocycles. The number of hydrogen-bond donors (Lipinski definition) is 2. The zero-order chi connectivity index (χ0) is 23.3. The van der Waals surface area contributed by atoms with Gasteiger partial charge in [0.1, 0.15) is 6.10 Å². The van der Waals surface area contributed by atoms with Gasteiger partial charge in [-0.3, -0.25) is 4.79 Å². The maximum Gasteiger partial charge on any atom is 0.336 e. The van der Waals surface area contributed by atoms with Crippen LogP contribution in [0.2, 0.25) is 0 Å². The van der Waals surface area contributed by atoms with Crippen molar-refractivity contribution in [3.05, 3.63) is 64.7 Å². The number of carbonyl (C=O) groups excluding carboxylic acids is 1. The third kappa shape index (κ3) is 3.78. The van der Waals surface area contributed by atoms with Gasteiger partial charge >= 0.3 is 5.97 Å². The van der Waals surface area contributed by atoms with E-state index >= 15 is 0 Å². The first-order chi connectivity index (χ1) is 16.5. The molecule has 2 saturated heterocycles. The van der Waals surface area contributed by atoms with Crippen LogP contribution in [-0.4, -0.2) is 54.2 Å². The molecule has 3 aliphatic heterocycles. The molecule has 178 valence electrons. The molecule has 1 unspecified atom stereocenters. The molecule has 2 aromatic carbocycles. The van der Waals surface area contributed by atoms with Crippen LogP contribution in [0.3, 0.4) is 0 Å². The number of carboxylic acids is 1. The summed E-state index contributed by atoms with van der Waals surface area (Å²) < 4.78 is 5.60. The van der Waals surface area contributed by atoms with E-state index in [-0.39, 0.29) is 17.9 Å². The lowest BCUT2D eigenvalue weighted by Gasteiger charge is -2.34. The zero-order valence-electron chi connectivity index (χ0n) is 19.5. The summed E-state index contributed by atoms with van der Waals surface area (Å²) in [6, 6.07) is 14.5. The zero-order valence-corrected chi connectivity index (χ0v) is 19.5. The largest absolute Gasteiger partial charge is 0.478 e. The Morgan fingerprint density at radius 2 is 1.82 bits per heavy atom. The number of amides is 1. The second-order valence-electron chi connectivity index (χ2n) is 10.5. The van der Waals surface area contributed by atoms with Crippen LogP contribution in [0.1, 0.15) is 71.0 Å². The molecule has 1 saturated carbocycles. The summed E-state index contributed by atoms with van der Waals surface area (Å²) in [5, 5.41) is 13.0.